The van der Waals surface area contributed by atoms with Gasteiger partial charge in [-0.2, -0.15) is 0 Å². The third kappa shape index (κ3) is 40.5. The normalized spacial score (nSPS) is 14.8. The third-order valence-electron chi connectivity index (χ3n) is 9.79. The zero-order valence-corrected chi connectivity index (χ0v) is 37.3. The molecule has 0 saturated carbocycles. The number of aliphatic hydroxyl groups excluding tert-OH is 1. The second kappa shape index (κ2) is 38.0. The quantitative estimate of drug-likeness (QED) is 0.0247. The molecule has 0 rings (SSSR count). The van der Waals surface area contributed by atoms with Crippen molar-refractivity contribution in [3.63, 3.8) is 0 Å². The van der Waals surface area contributed by atoms with Gasteiger partial charge in [0.1, 0.15) is 13.2 Å². The molecule has 3 N–H and O–H groups in total. The first-order valence-electron chi connectivity index (χ1n) is 22.5. The molecule has 0 aromatic heterocycles. The van der Waals surface area contributed by atoms with Gasteiger partial charge in [0, 0.05) is 6.42 Å². The number of phosphoric ester groups is 1. The molecule has 0 aliphatic heterocycles. The van der Waals surface area contributed by atoms with Crippen LogP contribution in [0.5, 0.6) is 0 Å². The molecule has 0 bridgehead atoms. The van der Waals surface area contributed by atoms with E-state index < -0.39 is 20.0 Å². The van der Waals surface area contributed by atoms with E-state index in [-0.39, 0.29) is 19.1 Å². The van der Waals surface area contributed by atoms with Crippen molar-refractivity contribution in [1.82, 2.24) is 5.32 Å². The fraction of sp³-hybridized carbons (Fsp3) is 0.804. The van der Waals surface area contributed by atoms with Crippen LogP contribution in [0, 0.1) is 0 Å². The summed E-state index contributed by atoms with van der Waals surface area (Å²) in [7, 11) is 1.56. The molecular weight excluding hydrogens is 707 g/mol. The summed E-state index contributed by atoms with van der Waals surface area (Å²) in [5, 5.41) is 13.5. The first kappa shape index (κ1) is 53.5. The number of carbonyl (C=O) groups excluding carboxylic acids is 1. The van der Waals surface area contributed by atoms with Crippen molar-refractivity contribution in [3.05, 3.63) is 48.6 Å². The van der Waals surface area contributed by atoms with E-state index in [1.54, 1.807) is 6.08 Å². The Morgan fingerprint density at radius 3 is 1.55 bits per heavy atom. The summed E-state index contributed by atoms with van der Waals surface area (Å²) in [4.78, 5) is 22.9. The van der Waals surface area contributed by atoms with Crippen molar-refractivity contribution >= 4 is 13.7 Å². The van der Waals surface area contributed by atoms with Crippen LogP contribution in [0.3, 0.4) is 0 Å². The predicted octanol–water partition coefficient (Wildman–Crippen LogP) is 12.5. The Hall–Kier alpha value is -1.54. The number of phosphoric acid groups is 1. The summed E-state index contributed by atoms with van der Waals surface area (Å²) in [5.41, 5.74) is 0. The predicted molar refractivity (Wildman–Crippen MR) is 235 cm³/mol. The minimum atomic E-state index is -4.32. The largest absolute Gasteiger partial charge is 0.472 e. The number of amides is 1. The Labute approximate surface area is 339 Å². The number of hydrogen-bond donors (Lipinski definition) is 3. The van der Waals surface area contributed by atoms with Crippen LogP contribution >= 0.6 is 7.82 Å². The summed E-state index contributed by atoms with van der Waals surface area (Å²) < 4.78 is 23.3. The van der Waals surface area contributed by atoms with Gasteiger partial charge in [-0.3, -0.25) is 13.8 Å². The van der Waals surface area contributed by atoms with Gasteiger partial charge in [-0.1, -0.05) is 178 Å². The summed E-state index contributed by atoms with van der Waals surface area (Å²) in [6, 6.07) is -0.842. The zero-order valence-electron chi connectivity index (χ0n) is 36.4. The van der Waals surface area contributed by atoms with E-state index in [0.717, 1.165) is 51.4 Å². The molecule has 55 heavy (non-hydrogen) atoms. The van der Waals surface area contributed by atoms with E-state index in [1.807, 2.05) is 27.2 Å². The second-order valence-corrected chi connectivity index (χ2v) is 17.9. The van der Waals surface area contributed by atoms with Gasteiger partial charge in [-0.05, 0) is 51.4 Å². The molecule has 0 heterocycles. The zero-order chi connectivity index (χ0) is 40.7. The smallest absolute Gasteiger partial charge is 0.387 e. The average molecular weight is 796 g/mol. The number of likely N-dealkylation sites (N-methyl/N-ethyl adjacent to an activating group) is 1. The third-order valence-corrected chi connectivity index (χ3v) is 10.8. The molecule has 0 spiro atoms. The molecule has 0 aliphatic carbocycles. The van der Waals surface area contributed by atoms with Crippen LogP contribution in [-0.2, 0) is 18.4 Å². The highest BCUT2D eigenvalue weighted by molar-refractivity contribution is 7.47. The summed E-state index contributed by atoms with van der Waals surface area (Å²) in [6.07, 6.45) is 48.3. The lowest BCUT2D eigenvalue weighted by molar-refractivity contribution is -0.870. The van der Waals surface area contributed by atoms with E-state index in [9.17, 15) is 19.4 Å². The van der Waals surface area contributed by atoms with E-state index in [2.05, 4.69) is 55.6 Å². The molecule has 0 fully saturated rings. The number of nitrogens with zero attached hydrogens (tertiary/aromatic N) is 1. The number of rotatable bonds is 40. The average Bonchev–Trinajstić information content (AvgIpc) is 3.13. The fourth-order valence-electron chi connectivity index (χ4n) is 6.15. The summed E-state index contributed by atoms with van der Waals surface area (Å²) >= 11 is 0. The first-order valence-corrected chi connectivity index (χ1v) is 24.0. The molecule has 8 nitrogen and oxygen atoms in total. The van der Waals surface area contributed by atoms with Crippen LogP contribution < -0.4 is 5.32 Å². The number of aliphatic hydroxyl groups is 1. The van der Waals surface area contributed by atoms with Crippen LogP contribution in [0.4, 0.5) is 0 Å². The highest BCUT2D eigenvalue weighted by Crippen LogP contribution is 2.43. The molecule has 1 amide bonds. The number of allylic oxidation sites excluding steroid dienone is 7. The van der Waals surface area contributed by atoms with Crippen molar-refractivity contribution < 1.29 is 32.9 Å². The topological polar surface area (TPSA) is 105 Å². The number of carbonyl (C=O) groups is 1. The van der Waals surface area contributed by atoms with Crippen LogP contribution in [-0.4, -0.2) is 73.4 Å². The van der Waals surface area contributed by atoms with Crippen molar-refractivity contribution in [2.75, 3.05) is 40.9 Å². The summed E-state index contributed by atoms with van der Waals surface area (Å²) in [5.74, 6) is -0.189. The van der Waals surface area contributed by atoms with Crippen LogP contribution in [0.2, 0.25) is 0 Å². The number of unbranched alkanes of at least 4 members (excludes halogenated alkanes) is 21. The molecule has 0 aromatic carbocycles. The maximum atomic E-state index is 12.7. The van der Waals surface area contributed by atoms with E-state index >= 15 is 0 Å². The number of hydrogen-bond acceptors (Lipinski definition) is 5. The van der Waals surface area contributed by atoms with Gasteiger partial charge in [-0.25, -0.2) is 4.57 Å². The van der Waals surface area contributed by atoms with Gasteiger partial charge in [0.2, 0.25) is 5.91 Å². The monoisotopic (exact) mass is 796 g/mol. The standard InChI is InChI=1S/C46H87N2O6P/c1-6-8-10-12-13-14-15-16-17-18-19-20-21-22-23-24-25-26-27-28-29-30-31-32-33-34-35-36-38-40-46(50)47-44(45(49)39-37-11-9-7-2)43-54-55(51,52)53-42-41-48(3,4)5/h15-16,18-19,21-22,37,39,44-45,49H,6-14,17,20,23-36,38,40-43H2,1-5H3,(H-,47,50,51,52)/p+1/b16-15-,19-18-,22-21-,39-37+. The molecule has 0 aliphatic rings. The highest BCUT2D eigenvalue weighted by atomic mass is 31.2. The maximum Gasteiger partial charge on any atom is 0.472 e. The van der Waals surface area contributed by atoms with Crippen LogP contribution in [0.25, 0.3) is 0 Å². The van der Waals surface area contributed by atoms with Gasteiger partial charge in [0.15, 0.2) is 0 Å². The molecule has 3 atom stereocenters. The number of nitrogens with one attached hydrogen (secondary N) is 1. The Morgan fingerprint density at radius 1 is 0.618 bits per heavy atom. The molecule has 0 aromatic rings. The minimum absolute atomic E-state index is 0.0592. The maximum absolute atomic E-state index is 12.7. The van der Waals surface area contributed by atoms with Gasteiger partial charge >= 0.3 is 7.82 Å². The van der Waals surface area contributed by atoms with E-state index in [4.69, 9.17) is 9.05 Å². The molecule has 322 valence electrons. The van der Waals surface area contributed by atoms with Crippen molar-refractivity contribution in [2.24, 2.45) is 0 Å². The van der Waals surface area contributed by atoms with Crippen LogP contribution in [0.15, 0.2) is 48.6 Å². The lowest BCUT2D eigenvalue weighted by Gasteiger charge is -2.25. The number of quaternary nitrogens is 1. The summed E-state index contributed by atoms with van der Waals surface area (Å²) in [6.45, 7) is 4.64. The van der Waals surface area contributed by atoms with Crippen molar-refractivity contribution in [3.8, 4) is 0 Å². The minimum Gasteiger partial charge on any atom is -0.387 e. The molecular formula is C46H88N2O6P+. The lowest BCUT2D eigenvalue weighted by atomic mass is 10.0. The van der Waals surface area contributed by atoms with Gasteiger partial charge in [0.05, 0.1) is 39.9 Å². The van der Waals surface area contributed by atoms with Crippen molar-refractivity contribution in [1.29, 1.82) is 0 Å². The molecule has 0 saturated heterocycles. The van der Waals surface area contributed by atoms with Gasteiger partial charge in [0.25, 0.3) is 0 Å². The second-order valence-electron chi connectivity index (χ2n) is 16.4. The Bertz CT molecular complexity index is 1040. The Balaban J connectivity index is 3.89. The van der Waals surface area contributed by atoms with Crippen LogP contribution in [0.1, 0.15) is 187 Å². The molecule has 9 heteroatoms. The van der Waals surface area contributed by atoms with Crippen molar-refractivity contribution in [2.45, 2.75) is 199 Å². The Morgan fingerprint density at radius 2 is 1.05 bits per heavy atom. The Kier molecular flexibility index (Phi) is 36.9. The SMILES string of the molecule is CCCC/C=C/C(O)C(COP(=O)(O)OCC[N+](C)(C)C)NC(=O)CCCCCCCCCCCCCCCC/C=C\C/C=C\C/C=C\CCCCCCC. The van der Waals surface area contributed by atoms with E-state index in [1.165, 1.54) is 116 Å². The van der Waals surface area contributed by atoms with Gasteiger partial charge in [-0.15, -0.1) is 0 Å². The lowest BCUT2D eigenvalue weighted by Crippen LogP contribution is -2.45. The highest BCUT2D eigenvalue weighted by Gasteiger charge is 2.27. The molecule has 3 unspecified atom stereocenters. The van der Waals surface area contributed by atoms with Gasteiger partial charge < -0.3 is 19.8 Å². The molecule has 0 radical (unpaired) electrons. The fourth-order valence-corrected chi connectivity index (χ4v) is 6.89. The van der Waals surface area contributed by atoms with E-state index in [0.29, 0.717) is 17.4 Å². The first-order chi connectivity index (χ1) is 26.5.